The third-order valence-corrected chi connectivity index (χ3v) is 2.65. The summed E-state index contributed by atoms with van der Waals surface area (Å²) in [6.07, 6.45) is 0. The minimum atomic E-state index is -0.239. The molecule has 13 heavy (non-hydrogen) atoms. The van der Waals surface area contributed by atoms with Crippen LogP contribution in [0.3, 0.4) is 0 Å². The molecule has 1 heterocycles. The SMILES string of the molecule is CC1c2ccc(F)cc2NC1CO. The Morgan fingerprint density at radius 2 is 2.31 bits per heavy atom. The Hall–Kier alpha value is -1.09. The Balaban J connectivity index is 2.38. The summed E-state index contributed by atoms with van der Waals surface area (Å²) in [4.78, 5) is 0. The maximum atomic E-state index is 12.8. The monoisotopic (exact) mass is 181 g/mol. The summed E-state index contributed by atoms with van der Waals surface area (Å²) in [5.41, 5.74) is 1.90. The molecule has 0 amide bonds. The molecule has 0 fully saturated rings. The minimum absolute atomic E-state index is 0.0248. The van der Waals surface area contributed by atoms with E-state index in [1.807, 2.05) is 6.92 Å². The highest BCUT2D eigenvalue weighted by Gasteiger charge is 2.27. The average molecular weight is 181 g/mol. The van der Waals surface area contributed by atoms with Crippen LogP contribution < -0.4 is 5.32 Å². The molecule has 0 radical (unpaired) electrons. The van der Waals surface area contributed by atoms with E-state index in [1.54, 1.807) is 6.07 Å². The molecule has 2 N–H and O–H groups in total. The van der Waals surface area contributed by atoms with E-state index < -0.39 is 0 Å². The molecule has 1 aromatic rings. The van der Waals surface area contributed by atoms with E-state index >= 15 is 0 Å². The van der Waals surface area contributed by atoms with E-state index in [1.165, 1.54) is 12.1 Å². The van der Waals surface area contributed by atoms with Crippen molar-refractivity contribution >= 4 is 5.69 Å². The number of rotatable bonds is 1. The molecule has 0 saturated carbocycles. The zero-order valence-corrected chi connectivity index (χ0v) is 7.42. The van der Waals surface area contributed by atoms with Crippen molar-refractivity contribution in [2.24, 2.45) is 0 Å². The van der Waals surface area contributed by atoms with Crippen molar-refractivity contribution in [2.45, 2.75) is 18.9 Å². The largest absolute Gasteiger partial charge is 0.394 e. The Morgan fingerprint density at radius 3 is 3.00 bits per heavy atom. The van der Waals surface area contributed by atoms with Crippen molar-refractivity contribution < 1.29 is 9.50 Å². The molecular formula is C10H12FNO. The smallest absolute Gasteiger partial charge is 0.125 e. The quantitative estimate of drug-likeness (QED) is 0.691. The van der Waals surface area contributed by atoms with Crippen LogP contribution in [0.15, 0.2) is 18.2 Å². The molecule has 3 heteroatoms. The molecule has 1 aromatic carbocycles. The summed E-state index contributed by atoms with van der Waals surface area (Å²) in [7, 11) is 0. The maximum Gasteiger partial charge on any atom is 0.125 e. The second kappa shape index (κ2) is 3.00. The van der Waals surface area contributed by atoms with Gasteiger partial charge in [-0.05, 0) is 17.7 Å². The van der Waals surface area contributed by atoms with Gasteiger partial charge in [-0.3, -0.25) is 0 Å². The zero-order valence-electron chi connectivity index (χ0n) is 7.42. The molecule has 1 aliphatic heterocycles. The van der Waals surface area contributed by atoms with Gasteiger partial charge in [0, 0.05) is 11.6 Å². The Bertz CT molecular complexity index is 327. The molecule has 0 saturated heterocycles. The fraction of sp³-hybridized carbons (Fsp3) is 0.400. The van der Waals surface area contributed by atoms with Crippen molar-refractivity contribution in [1.29, 1.82) is 0 Å². The standard InChI is InChI=1S/C10H12FNO/c1-6-8-3-2-7(11)4-9(8)12-10(6)5-13/h2-4,6,10,12-13H,5H2,1H3. The van der Waals surface area contributed by atoms with Crippen LogP contribution in [0.2, 0.25) is 0 Å². The van der Waals surface area contributed by atoms with Crippen LogP contribution in [-0.2, 0) is 0 Å². The van der Waals surface area contributed by atoms with Gasteiger partial charge in [-0.1, -0.05) is 13.0 Å². The summed E-state index contributed by atoms with van der Waals surface area (Å²) < 4.78 is 12.8. The number of aliphatic hydroxyl groups is 1. The second-order valence-corrected chi connectivity index (χ2v) is 3.45. The number of hydrogen-bond acceptors (Lipinski definition) is 2. The lowest BCUT2D eigenvalue weighted by Crippen LogP contribution is -2.22. The number of aliphatic hydroxyl groups excluding tert-OH is 1. The van der Waals surface area contributed by atoms with Gasteiger partial charge in [0.2, 0.25) is 0 Å². The van der Waals surface area contributed by atoms with E-state index in [0.717, 1.165) is 11.3 Å². The normalized spacial score (nSPS) is 25.5. The Kier molecular flexibility index (Phi) is 1.96. The molecule has 70 valence electrons. The van der Waals surface area contributed by atoms with Crippen molar-refractivity contribution in [3.8, 4) is 0 Å². The molecule has 2 rings (SSSR count). The molecule has 1 aliphatic rings. The number of nitrogens with one attached hydrogen (secondary N) is 1. The molecule has 0 bridgehead atoms. The molecule has 0 aliphatic carbocycles. The highest BCUT2D eigenvalue weighted by Crippen LogP contribution is 2.35. The number of fused-ring (bicyclic) bond motifs is 1. The fourth-order valence-electron chi connectivity index (χ4n) is 1.80. The van der Waals surface area contributed by atoms with Crippen LogP contribution >= 0.6 is 0 Å². The van der Waals surface area contributed by atoms with Gasteiger partial charge in [0.1, 0.15) is 5.82 Å². The van der Waals surface area contributed by atoms with Gasteiger partial charge in [-0.2, -0.15) is 0 Å². The predicted molar refractivity (Wildman–Crippen MR) is 49.3 cm³/mol. The van der Waals surface area contributed by atoms with Gasteiger partial charge < -0.3 is 10.4 Å². The van der Waals surface area contributed by atoms with Gasteiger partial charge in [0.25, 0.3) is 0 Å². The molecule has 0 aromatic heterocycles. The molecule has 0 spiro atoms. The zero-order chi connectivity index (χ0) is 9.42. The van der Waals surface area contributed by atoms with Crippen molar-refractivity contribution in [1.82, 2.24) is 0 Å². The molecule has 2 unspecified atom stereocenters. The summed E-state index contributed by atoms with van der Waals surface area (Å²) in [5, 5.41) is 12.1. The van der Waals surface area contributed by atoms with Crippen LogP contribution in [-0.4, -0.2) is 17.8 Å². The predicted octanol–water partition coefficient (Wildman–Crippen LogP) is 1.72. The van der Waals surface area contributed by atoms with E-state index in [0.29, 0.717) is 0 Å². The first-order valence-corrected chi connectivity index (χ1v) is 4.39. The number of hydrogen-bond donors (Lipinski definition) is 2. The van der Waals surface area contributed by atoms with Gasteiger partial charge in [-0.15, -0.1) is 0 Å². The van der Waals surface area contributed by atoms with Crippen molar-refractivity contribution in [3.05, 3.63) is 29.6 Å². The lowest BCUT2D eigenvalue weighted by atomic mass is 9.98. The Labute approximate surface area is 76.4 Å². The van der Waals surface area contributed by atoms with Gasteiger partial charge in [0.05, 0.1) is 12.6 Å². The highest BCUT2D eigenvalue weighted by atomic mass is 19.1. The van der Waals surface area contributed by atoms with Crippen LogP contribution in [0.25, 0.3) is 0 Å². The van der Waals surface area contributed by atoms with E-state index in [-0.39, 0.29) is 24.4 Å². The van der Waals surface area contributed by atoms with Crippen LogP contribution in [0, 0.1) is 5.82 Å². The summed E-state index contributed by atoms with van der Waals surface area (Å²) in [6.45, 7) is 2.11. The van der Waals surface area contributed by atoms with E-state index in [9.17, 15) is 4.39 Å². The van der Waals surface area contributed by atoms with E-state index in [2.05, 4.69) is 5.32 Å². The van der Waals surface area contributed by atoms with Gasteiger partial charge in [-0.25, -0.2) is 4.39 Å². The average Bonchev–Trinajstić information content (AvgIpc) is 2.42. The molecule has 2 nitrogen and oxygen atoms in total. The number of anilines is 1. The third-order valence-electron chi connectivity index (χ3n) is 2.65. The maximum absolute atomic E-state index is 12.8. The van der Waals surface area contributed by atoms with Crippen LogP contribution in [0.1, 0.15) is 18.4 Å². The first kappa shape index (κ1) is 8.51. The first-order valence-electron chi connectivity index (χ1n) is 4.39. The molecular weight excluding hydrogens is 169 g/mol. The topological polar surface area (TPSA) is 32.3 Å². The summed E-state index contributed by atoms with van der Waals surface area (Å²) in [5.74, 6) is 0.0117. The summed E-state index contributed by atoms with van der Waals surface area (Å²) in [6, 6.07) is 4.73. The fourth-order valence-corrected chi connectivity index (χ4v) is 1.80. The summed E-state index contributed by atoms with van der Waals surface area (Å²) >= 11 is 0. The van der Waals surface area contributed by atoms with Crippen LogP contribution in [0.4, 0.5) is 10.1 Å². The lowest BCUT2D eigenvalue weighted by molar-refractivity contribution is 0.266. The second-order valence-electron chi connectivity index (χ2n) is 3.45. The third kappa shape index (κ3) is 1.29. The minimum Gasteiger partial charge on any atom is -0.394 e. The van der Waals surface area contributed by atoms with Crippen molar-refractivity contribution in [2.75, 3.05) is 11.9 Å². The van der Waals surface area contributed by atoms with Gasteiger partial charge >= 0.3 is 0 Å². The number of halogens is 1. The first-order chi connectivity index (χ1) is 6.22. The van der Waals surface area contributed by atoms with Crippen molar-refractivity contribution in [3.63, 3.8) is 0 Å². The van der Waals surface area contributed by atoms with E-state index in [4.69, 9.17) is 5.11 Å². The van der Waals surface area contributed by atoms with Crippen LogP contribution in [0.5, 0.6) is 0 Å². The lowest BCUT2D eigenvalue weighted by Gasteiger charge is -2.12. The highest BCUT2D eigenvalue weighted by molar-refractivity contribution is 5.59. The van der Waals surface area contributed by atoms with Gasteiger partial charge in [0.15, 0.2) is 0 Å². The number of benzene rings is 1. The molecule has 2 atom stereocenters. The Morgan fingerprint density at radius 1 is 1.54 bits per heavy atom.